The van der Waals surface area contributed by atoms with Gasteiger partial charge in [0.2, 0.25) is 5.69 Å². The molecular formula is C19H20NO2+. The van der Waals surface area contributed by atoms with E-state index in [0.717, 1.165) is 23.1 Å². The van der Waals surface area contributed by atoms with Gasteiger partial charge in [-0.25, -0.2) is 0 Å². The monoisotopic (exact) mass is 294 g/mol. The van der Waals surface area contributed by atoms with E-state index in [1.807, 2.05) is 54.7 Å². The molecule has 0 unspecified atom stereocenters. The Hall–Kier alpha value is -2.42. The molecule has 2 aromatic carbocycles. The number of rotatable bonds is 3. The lowest BCUT2D eigenvalue weighted by atomic mass is 9.81. The van der Waals surface area contributed by atoms with Crippen molar-refractivity contribution >= 4 is 11.0 Å². The van der Waals surface area contributed by atoms with Gasteiger partial charge in [0.05, 0.1) is 5.39 Å². The van der Waals surface area contributed by atoms with Crippen molar-refractivity contribution < 1.29 is 8.98 Å². The molecule has 0 aliphatic heterocycles. The van der Waals surface area contributed by atoms with Gasteiger partial charge in [-0.15, -0.1) is 0 Å². The summed E-state index contributed by atoms with van der Waals surface area (Å²) in [4.78, 5) is 12.4. The van der Waals surface area contributed by atoms with E-state index in [4.69, 9.17) is 4.42 Å². The fraction of sp³-hybridized carbons (Fsp3) is 0.263. The van der Waals surface area contributed by atoms with E-state index in [1.165, 1.54) is 0 Å². The van der Waals surface area contributed by atoms with Crippen LogP contribution in [-0.2, 0) is 5.41 Å². The lowest BCUT2D eigenvalue weighted by Crippen LogP contribution is -2.46. The van der Waals surface area contributed by atoms with Crippen molar-refractivity contribution in [2.75, 3.05) is 0 Å². The first-order valence-corrected chi connectivity index (χ1v) is 7.57. The van der Waals surface area contributed by atoms with Crippen LogP contribution in [0.4, 0.5) is 0 Å². The van der Waals surface area contributed by atoms with Crippen LogP contribution in [0.5, 0.6) is 0 Å². The molecule has 1 heterocycles. The van der Waals surface area contributed by atoms with Crippen molar-refractivity contribution in [1.29, 1.82) is 0 Å². The lowest BCUT2D eigenvalue weighted by molar-refractivity contribution is -0.623. The van der Waals surface area contributed by atoms with Gasteiger partial charge in [0.25, 0.3) is 0 Å². The molecule has 0 aliphatic carbocycles. The quantitative estimate of drug-likeness (QED) is 0.689. The van der Waals surface area contributed by atoms with Gasteiger partial charge in [-0.1, -0.05) is 55.7 Å². The van der Waals surface area contributed by atoms with Crippen molar-refractivity contribution in [1.82, 2.24) is 0 Å². The van der Waals surface area contributed by atoms with Gasteiger partial charge in [-0.05, 0) is 17.9 Å². The van der Waals surface area contributed by atoms with Gasteiger partial charge in [0.1, 0.15) is 0 Å². The summed E-state index contributed by atoms with van der Waals surface area (Å²) in [6.07, 6.45) is 2.83. The second-order valence-electron chi connectivity index (χ2n) is 6.16. The van der Waals surface area contributed by atoms with Crippen LogP contribution in [0.15, 0.2) is 63.9 Å². The largest absolute Gasteiger partial charge is 0.608 e. The molecular weight excluding hydrogens is 274 g/mol. The normalized spacial score (nSPS) is 11.8. The highest BCUT2D eigenvalue weighted by atomic mass is 16.4. The smallest absolute Gasteiger partial charge is 0.371 e. The van der Waals surface area contributed by atoms with E-state index >= 15 is 0 Å². The molecule has 0 saturated carbocycles. The van der Waals surface area contributed by atoms with Crippen LogP contribution in [0.3, 0.4) is 0 Å². The minimum Gasteiger partial charge on any atom is -0.371 e. The van der Waals surface area contributed by atoms with Crippen molar-refractivity contribution in [2.45, 2.75) is 32.6 Å². The Morgan fingerprint density at radius 2 is 1.77 bits per heavy atom. The highest BCUT2D eigenvalue weighted by Gasteiger charge is 2.24. The minimum absolute atomic E-state index is 0.0334. The third-order valence-corrected chi connectivity index (χ3v) is 4.35. The maximum atomic E-state index is 12.4. The summed E-state index contributed by atoms with van der Waals surface area (Å²) in [5.74, 6) is -0.363. The Balaban J connectivity index is 2.28. The zero-order valence-electron chi connectivity index (χ0n) is 13.2. The molecule has 3 rings (SSSR count). The molecule has 3 aromatic rings. The Morgan fingerprint density at radius 3 is 2.45 bits per heavy atom. The molecule has 0 aliphatic rings. The SMILES string of the molecule is CCC(C)(C)c1cccc2c[n+](-c3ccccc3)c(=O)oc12. The average molecular weight is 294 g/mol. The van der Waals surface area contributed by atoms with E-state index in [1.54, 1.807) is 4.57 Å². The molecule has 0 fully saturated rings. The summed E-state index contributed by atoms with van der Waals surface area (Å²) in [5.41, 5.74) is 2.53. The topological polar surface area (TPSA) is 34.1 Å². The Morgan fingerprint density at radius 1 is 1.05 bits per heavy atom. The van der Waals surface area contributed by atoms with Crippen LogP contribution in [0, 0.1) is 0 Å². The molecule has 0 saturated heterocycles. The van der Waals surface area contributed by atoms with E-state index in [9.17, 15) is 4.79 Å². The zero-order valence-corrected chi connectivity index (χ0v) is 13.2. The van der Waals surface area contributed by atoms with E-state index in [-0.39, 0.29) is 11.2 Å². The number of hydrogen-bond donors (Lipinski definition) is 0. The first-order valence-electron chi connectivity index (χ1n) is 7.57. The molecule has 0 amide bonds. The molecule has 1 aromatic heterocycles. The van der Waals surface area contributed by atoms with Crippen molar-refractivity contribution in [3.8, 4) is 5.69 Å². The molecule has 0 atom stereocenters. The van der Waals surface area contributed by atoms with Gasteiger partial charge in [0, 0.05) is 17.7 Å². The highest BCUT2D eigenvalue weighted by molar-refractivity contribution is 5.79. The Labute approximate surface area is 129 Å². The van der Waals surface area contributed by atoms with Crippen molar-refractivity contribution in [3.63, 3.8) is 0 Å². The first kappa shape index (κ1) is 14.5. The maximum absolute atomic E-state index is 12.4. The number of hydrogen-bond acceptors (Lipinski definition) is 2. The van der Waals surface area contributed by atoms with Gasteiger partial charge in [-0.3, -0.25) is 0 Å². The third kappa shape index (κ3) is 2.43. The zero-order chi connectivity index (χ0) is 15.7. The Bertz CT molecular complexity index is 863. The third-order valence-electron chi connectivity index (χ3n) is 4.35. The van der Waals surface area contributed by atoms with Gasteiger partial charge >= 0.3 is 5.76 Å². The molecule has 0 spiro atoms. The van der Waals surface area contributed by atoms with E-state index in [0.29, 0.717) is 5.58 Å². The van der Waals surface area contributed by atoms with Crippen LogP contribution >= 0.6 is 0 Å². The molecule has 112 valence electrons. The second kappa shape index (κ2) is 5.41. The average Bonchev–Trinajstić information content (AvgIpc) is 2.54. The number of nitrogens with zero attached hydrogens (tertiary/aromatic N) is 1. The van der Waals surface area contributed by atoms with Crippen LogP contribution < -0.4 is 10.3 Å². The number of aromatic nitrogens is 1. The maximum Gasteiger partial charge on any atom is 0.608 e. The molecule has 22 heavy (non-hydrogen) atoms. The van der Waals surface area contributed by atoms with Crippen LogP contribution in [0.2, 0.25) is 0 Å². The van der Waals surface area contributed by atoms with Gasteiger partial charge < -0.3 is 4.42 Å². The van der Waals surface area contributed by atoms with E-state index in [2.05, 4.69) is 20.8 Å². The Kier molecular flexibility index (Phi) is 3.57. The van der Waals surface area contributed by atoms with Gasteiger partial charge in [0.15, 0.2) is 11.8 Å². The van der Waals surface area contributed by atoms with E-state index < -0.39 is 0 Å². The summed E-state index contributed by atoms with van der Waals surface area (Å²) >= 11 is 0. The molecule has 3 nitrogen and oxygen atoms in total. The summed E-state index contributed by atoms with van der Waals surface area (Å²) in [6, 6.07) is 15.6. The lowest BCUT2D eigenvalue weighted by Gasteiger charge is -2.23. The molecule has 0 bridgehead atoms. The minimum atomic E-state index is -0.363. The summed E-state index contributed by atoms with van der Waals surface area (Å²) < 4.78 is 7.22. The van der Waals surface area contributed by atoms with Gasteiger partial charge in [-0.2, -0.15) is 4.79 Å². The molecule has 0 N–H and O–H groups in total. The predicted octanol–water partition coefficient (Wildman–Crippen LogP) is 3.76. The van der Waals surface area contributed by atoms with Crippen LogP contribution in [0.25, 0.3) is 16.7 Å². The van der Waals surface area contributed by atoms with Crippen molar-refractivity contribution in [2.24, 2.45) is 0 Å². The van der Waals surface area contributed by atoms with Crippen LogP contribution in [0.1, 0.15) is 32.8 Å². The second-order valence-corrected chi connectivity index (χ2v) is 6.16. The predicted molar refractivity (Wildman–Crippen MR) is 87.3 cm³/mol. The fourth-order valence-electron chi connectivity index (χ4n) is 2.59. The summed E-state index contributed by atoms with van der Waals surface area (Å²) in [5, 5.41) is 0.933. The standard InChI is InChI=1S/C19H20NO2/c1-4-19(2,3)16-12-8-9-14-13-20(18(21)22-17(14)16)15-10-6-5-7-11-15/h5-13H,4H2,1-3H3/q+1. The fourth-order valence-corrected chi connectivity index (χ4v) is 2.59. The molecule has 3 heteroatoms. The first-order chi connectivity index (χ1) is 10.5. The number of para-hydroxylation sites is 2. The molecule has 0 radical (unpaired) electrons. The highest BCUT2D eigenvalue weighted by Crippen LogP contribution is 2.31. The number of benzene rings is 2. The summed E-state index contributed by atoms with van der Waals surface area (Å²) in [7, 11) is 0. The summed E-state index contributed by atoms with van der Waals surface area (Å²) in [6.45, 7) is 6.48. The van der Waals surface area contributed by atoms with Crippen molar-refractivity contribution in [3.05, 3.63) is 70.8 Å². The number of fused-ring (bicyclic) bond motifs is 1. The van der Waals surface area contributed by atoms with Crippen LogP contribution in [-0.4, -0.2) is 0 Å².